The minimum atomic E-state index is 0.383. The first-order chi connectivity index (χ1) is 18.7. The third kappa shape index (κ3) is 4.44. The zero-order chi connectivity index (χ0) is 25.9. The van der Waals surface area contributed by atoms with Gasteiger partial charge in [-0.05, 0) is 48.5 Å². The Morgan fingerprint density at radius 1 is 0.816 bits per heavy atom. The van der Waals surface area contributed by atoms with Gasteiger partial charge in [-0.3, -0.25) is 5.10 Å². The zero-order valence-corrected chi connectivity index (χ0v) is 20.4. The lowest BCUT2D eigenvalue weighted by molar-refractivity contribution is 0.415. The molecule has 0 aliphatic carbocycles. The van der Waals surface area contributed by atoms with Gasteiger partial charge in [-0.15, -0.1) is 10.2 Å². The number of aromatic nitrogens is 5. The number of pyridine rings is 1. The summed E-state index contributed by atoms with van der Waals surface area (Å²) in [5.41, 5.74) is 10.0. The van der Waals surface area contributed by atoms with E-state index in [0.717, 1.165) is 44.6 Å². The molecular formula is C29H23N7O2. The van der Waals surface area contributed by atoms with Crippen LogP contribution in [0.4, 0.5) is 17.3 Å². The van der Waals surface area contributed by atoms with Crippen molar-refractivity contribution in [1.82, 2.24) is 25.4 Å². The van der Waals surface area contributed by atoms with Crippen LogP contribution in [-0.4, -0.2) is 32.5 Å². The van der Waals surface area contributed by atoms with Crippen LogP contribution in [0.5, 0.6) is 17.4 Å². The lowest BCUT2D eigenvalue weighted by atomic mass is 10.0. The quantitative estimate of drug-likeness (QED) is 0.236. The number of nitrogens with one attached hydrogen (secondary N) is 2. The number of anilines is 3. The first kappa shape index (κ1) is 23.0. The molecule has 3 aromatic carbocycles. The van der Waals surface area contributed by atoms with Gasteiger partial charge in [0, 0.05) is 45.5 Å². The van der Waals surface area contributed by atoms with Crippen molar-refractivity contribution in [2.45, 2.75) is 0 Å². The molecular weight excluding hydrogens is 478 g/mol. The molecule has 0 fully saturated rings. The number of rotatable bonds is 7. The highest BCUT2D eigenvalue weighted by Gasteiger charge is 2.14. The summed E-state index contributed by atoms with van der Waals surface area (Å²) in [6, 6.07) is 27.1. The van der Waals surface area contributed by atoms with Gasteiger partial charge in [0.2, 0.25) is 5.88 Å². The summed E-state index contributed by atoms with van der Waals surface area (Å²) in [5.74, 6) is 2.87. The van der Waals surface area contributed by atoms with E-state index in [-0.39, 0.29) is 0 Å². The molecule has 0 atom stereocenters. The molecule has 0 saturated heterocycles. The van der Waals surface area contributed by atoms with Crippen molar-refractivity contribution < 1.29 is 9.47 Å². The van der Waals surface area contributed by atoms with Gasteiger partial charge in [0.15, 0.2) is 11.6 Å². The first-order valence-electron chi connectivity index (χ1n) is 11.9. The zero-order valence-electron chi connectivity index (χ0n) is 20.4. The van der Waals surface area contributed by atoms with E-state index in [0.29, 0.717) is 23.3 Å². The van der Waals surface area contributed by atoms with Crippen molar-refractivity contribution in [3.63, 3.8) is 0 Å². The number of nitrogen functional groups attached to an aromatic ring is 1. The maximum absolute atomic E-state index is 6.07. The Kier molecular flexibility index (Phi) is 5.99. The number of hydrogen-bond acceptors (Lipinski definition) is 8. The van der Waals surface area contributed by atoms with E-state index in [1.165, 1.54) is 0 Å². The van der Waals surface area contributed by atoms with E-state index in [2.05, 4.69) is 30.7 Å². The molecule has 186 valence electrons. The summed E-state index contributed by atoms with van der Waals surface area (Å²) in [6.45, 7) is 0. The Balaban J connectivity index is 1.26. The van der Waals surface area contributed by atoms with Crippen LogP contribution in [0.15, 0.2) is 97.3 Å². The molecule has 0 aliphatic heterocycles. The molecule has 0 bridgehead atoms. The topological polar surface area (TPSA) is 124 Å². The largest absolute Gasteiger partial charge is 0.497 e. The van der Waals surface area contributed by atoms with E-state index in [9.17, 15) is 0 Å². The number of nitrogens with zero attached hydrogens (tertiary/aromatic N) is 4. The van der Waals surface area contributed by atoms with Gasteiger partial charge in [0.25, 0.3) is 0 Å². The fraction of sp³-hybridized carbons (Fsp3) is 0.0345. The third-order valence-electron chi connectivity index (χ3n) is 6.09. The van der Waals surface area contributed by atoms with Gasteiger partial charge >= 0.3 is 0 Å². The molecule has 3 heterocycles. The molecule has 38 heavy (non-hydrogen) atoms. The second kappa shape index (κ2) is 9.90. The number of hydrogen-bond donors (Lipinski definition) is 3. The van der Waals surface area contributed by atoms with E-state index < -0.39 is 0 Å². The highest BCUT2D eigenvalue weighted by atomic mass is 16.5. The van der Waals surface area contributed by atoms with E-state index >= 15 is 0 Å². The minimum Gasteiger partial charge on any atom is -0.497 e. The molecule has 3 aromatic heterocycles. The second-order valence-corrected chi connectivity index (χ2v) is 8.47. The Labute approximate surface area is 218 Å². The van der Waals surface area contributed by atoms with Crippen LogP contribution >= 0.6 is 0 Å². The fourth-order valence-corrected chi connectivity index (χ4v) is 4.23. The summed E-state index contributed by atoms with van der Waals surface area (Å²) in [5, 5.41) is 21.1. The van der Waals surface area contributed by atoms with Crippen molar-refractivity contribution in [3.8, 4) is 39.8 Å². The van der Waals surface area contributed by atoms with Crippen LogP contribution in [0.25, 0.3) is 33.2 Å². The van der Waals surface area contributed by atoms with E-state index in [1.54, 1.807) is 19.5 Å². The molecule has 9 heteroatoms. The maximum Gasteiger partial charge on any atom is 0.227 e. The number of ether oxygens (including phenoxy) is 2. The predicted molar refractivity (Wildman–Crippen MR) is 148 cm³/mol. The van der Waals surface area contributed by atoms with Gasteiger partial charge in [-0.25, -0.2) is 4.98 Å². The number of benzene rings is 3. The summed E-state index contributed by atoms with van der Waals surface area (Å²) >= 11 is 0. The highest BCUT2D eigenvalue weighted by molar-refractivity contribution is 6.00. The van der Waals surface area contributed by atoms with E-state index in [1.807, 2.05) is 84.9 Å². The van der Waals surface area contributed by atoms with Gasteiger partial charge in [0.1, 0.15) is 17.2 Å². The van der Waals surface area contributed by atoms with Crippen LogP contribution in [0.1, 0.15) is 0 Å². The Hall–Kier alpha value is -5.44. The maximum atomic E-state index is 6.07. The molecule has 0 unspecified atom stereocenters. The van der Waals surface area contributed by atoms with Gasteiger partial charge < -0.3 is 20.5 Å². The molecule has 0 radical (unpaired) electrons. The summed E-state index contributed by atoms with van der Waals surface area (Å²) in [7, 11) is 1.65. The van der Waals surface area contributed by atoms with Crippen LogP contribution < -0.4 is 20.5 Å². The van der Waals surface area contributed by atoms with Crippen molar-refractivity contribution in [1.29, 1.82) is 0 Å². The number of aromatic amines is 1. The summed E-state index contributed by atoms with van der Waals surface area (Å²) < 4.78 is 11.5. The number of fused-ring (bicyclic) bond motifs is 1. The Morgan fingerprint density at radius 3 is 2.45 bits per heavy atom. The van der Waals surface area contributed by atoms with Crippen molar-refractivity contribution in [3.05, 3.63) is 97.3 Å². The normalized spacial score (nSPS) is 10.9. The summed E-state index contributed by atoms with van der Waals surface area (Å²) in [6.07, 6.45) is 3.39. The first-order valence-corrected chi connectivity index (χ1v) is 11.9. The van der Waals surface area contributed by atoms with Crippen LogP contribution in [0.3, 0.4) is 0 Å². The van der Waals surface area contributed by atoms with Gasteiger partial charge in [-0.1, -0.05) is 36.4 Å². The molecule has 0 aliphatic rings. The third-order valence-corrected chi connectivity index (χ3v) is 6.09. The minimum absolute atomic E-state index is 0.383. The van der Waals surface area contributed by atoms with Gasteiger partial charge in [0.05, 0.1) is 7.11 Å². The molecule has 9 nitrogen and oxygen atoms in total. The van der Waals surface area contributed by atoms with Crippen molar-refractivity contribution in [2.75, 3.05) is 18.2 Å². The van der Waals surface area contributed by atoms with Crippen LogP contribution in [0.2, 0.25) is 0 Å². The van der Waals surface area contributed by atoms with Crippen molar-refractivity contribution >= 4 is 28.1 Å². The molecule has 0 amide bonds. The van der Waals surface area contributed by atoms with Crippen LogP contribution in [-0.2, 0) is 0 Å². The summed E-state index contributed by atoms with van der Waals surface area (Å²) in [4.78, 5) is 4.38. The lowest BCUT2D eigenvalue weighted by Crippen LogP contribution is -1.99. The average Bonchev–Trinajstić information content (AvgIpc) is 3.40. The SMILES string of the molecule is COc1cccc(-c2nnc(Nc3ccc(Oc4ncccc4-c4c[nH]nc4N)cc3)c3ccccc23)c1. The molecule has 0 spiro atoms. The molecule has 6 rings (SSSR count). The van der Waals surface area contributed by atoms with Crippen LogP contribution in [0, 0.1) is 0 Å². The lowest BCUT2D eigenvalue weighted by Gasteiger charge is -2.13. The standard InChI is InChI=1S/C29H23N7O2/c1-37-21-7-4-6-18(16-21)26-22-8-2-3-9-23(22)28(36-34-26)33-19-11-13-20(14-12-19)38-29-24(10-5-15-31-29)25-17-32-35-27(25)30/h2-17H,1H3,(H,33,36)(H3,30,32,35). The molecule has 0 saturated carbocycles. The average molecular weight is 502 g/mol. The monoisotopic (exact) mass is 501 g/mol. The Morgan fingerprint density at radius 2 is 1.66 bits per heavy atom. The Bertz CT molecular complexity index is 1730. The molecule has 4 N–H and O–H groups in total. The second-order valence-electron chi connectivity index (χ2n) is 8.47. The molecule has 6 aromatic rings. The number of methoxy groups -OCH3 is 1. The number of H-pyrrole nitrogens is 1. The highest BCUT2D eigenvalue weighted by Crippen LogP contribution is 2.35. The number of nitrogens with two attached hydrogens (primary N) is 1. The van der Waals surface area contributed by atoms with Crippen molar-refractivity contribution in [2.24, 2.45) is 0 Å². The smallest absolute Gasteiger partial charge is 0.227 e. The predicted octanol–water partition coefficient (Wildman–Crippen LogP) is 6.21. The van der Waals surface area contributed by atoms with Gasteiger partial charge in [-0.2, -0.15) is 5.10 Å². The fourth-order valence-electron chi connectivity index (χ4n) is 4.23. The van der Waals surface area contributed by atoms with E-state index in [4.69, 9.17) is 15.2 Å².